The fourth-order valence-electron chi connectivity index (χ4n) is 3.33. The van der Waals surface area contributed by atoms with Gasteiger partial charge in [-0.25, -0.2) is 13.1 Å². The number of hydrogen-bond acceptors (Lipinski definition) is 4. The van der Waals surface area contributed by atoms with Gasteiger partial charge in [0.1, 0.15) is 10.6 Å². The minimum absolute atomic E-state index is 0.163. The molecule has 1 saturated heterocycles. The Balaban J connectivity index is 1.73. The summed E-state index contributed by atoms with van der Waals surface area (Å²) in [5, 5.41) is 0. The molecular weight excluding hydrogens is 348 g/mol. The molecule has 3 rings (SSSR count). The molecule has 1 heterocycles. The Morgan fingerprint density at radius 3 is 2.35 bits per heavy atom. The van der Waals surface area contributed by atoms with E-state index in [-0.39, 0.29) is 11.4 Å². The first kappa shape index (κ1) is 18.9. The number of ether oxygens (including phenoxy) is 1. The number of sulfonamides is 1. The normalized spacial score (nSPS) is 15.7. The first-order valence-corrected chi connectivity index (χ1v) is 10.5. The van der Waals surface area contributed by atoms with E-state index < -0.39 is 10.0 Å². The van der Waals surface area contributed by atoms with Gasteiger partial charge in [0, 0.05) is 13.1 Å². The summed E-state index contributed by atoms with van der Waals surface area (Å²) in [5.74, 6) is 0.349. The zero-order chi connectivity index (χ0) is 18.4. The molecule has 1 aliphatic rings. The van der Waals surface area contributed by atoms with Gasteiger partial charge in [-0.15, -0.1) is 0 Å². The smallest absolute Gasteiger partial charge is 0.244 e. The predicted octanol–water partition coefficient (Wildman–Crippen LogP) is 3.16. The third-order valence-electron chi connectivity index (χ3n) is 4.77. The molecule has 0 amide bonds. The van der Waals surface area contributed by atoms with Crippen molar-refractivity contribution in [2.45, 2.75) is 37.2 Å². The molecule has 2 aromatic carbocycles. The Morgan fingerprint density at radius 1 is 0.962 bits per heavy atom. The lowest BCUT2D eigenvalue weighted by Crippen LogP contribution is -2.30. The maximum absolute atomic E-state index is 12.7. The highest BCUT2D eigenvalue weighted by atomic mass is 32.2. The highest BCUT2D eigenvalue weighted by Crippen LogP contribution is 2.23. The van der Waals surface area contributed by atoms with Gasteiger partial charge in [0.25, 0.3) is 0 Å². The number of rotatable bonds is 7. The van der Waals surface area contributed by atoms with Gasteiger partial charge in [-0.1, -0.05) is 42.8 Å². The summed E-state index contributed by atoms with van der Waals surface area (Å²) in [7, 11) is -2.17. The van der Waals surface area contributed by atoms with Crippen LogP contribution in [0.3, 0.4) is 0 Å². The van der Waals surface area contributed by atoms with E-state index >= 15 is 0 Å². The van der Waals surface area contributed by atoms with Crippen LogP contribution in [-0.4, -0.2) is 33.5 Å². The quantitative estimate of drug-likeness (QED) is 0.809. The van der Waals surface area contributed by atoms with Crippen LogP contribution in [-0.2, 0) is 23.1 Å². The van der Waals surface area contributed by atoms with E-state index in [0.29, 0.717) is 5.75 Å². The van der Waals surface area contributed by atoms with Crippen molar-refractivity contribution in [1.82, 2.24) is 9.62 Å². The van der Waals surface area contributed by atoms with E-state index in [0.717, 1.165) is 25.2 Å². The molecule has 6 heteroatoms. The van der Waals surface area contributed by atoms with Crippen LogP contribution in [0.2, 0.25) is 0 Å². The molecule has 0 atom stereocenters. The molecule has 0 saturated carbocycles. The summed E-state index contributed by atoms with van der Waals surface area (Å²) in [6.45, 7) is 3.36. The fourth-order valence-corrected chi connectivity index (χ4v) is 4.51. The van der Waals surface area contributed by atoms with Gasteiger partial charge in [-0.3, -0.25) is 4.90 Å². The van der Waals surface area contributed by atoms with Crippen LogP contribution in [0.25, 0.3) is 0 Å². The van der Waals surface area contributed by atoms with Crippen LogP contribution in [0, 0.1) is 0 Å². The van der Waals surface area contributed by atoms with E-state index in [9.17, 15) is 8.42 Å². The second-order valence-electron chi connectivity index (χ2n) is 6.58. The van der Waals surface area contributed by atoms with Gasteiger partial charge in [-0.05, 0) is 49.2 Å². The van der Waals surface area contributed by atoms with Crippen LogP contribution in [0.5, 0.6) is 5.75 Å². The number of nitrogens with one attached hydrogen (secondary N) is 1. The lowest BCUT2D eigenvalue weighted by Gasteiger charge is -2.27. The Bertz CT molecular complexity index is 830. The van der Waals surface area contributed by atoms with Crippen molar-refractivity contribution in [3.05, 3.63) is 59.7 Å². The average Bonchev–Trinajstić information content (AvgIpc) is 2.68. The lowest BCUT2D eigenvalue weighted by molar-refractivity contribution is 0.220. The molecule has 0 aliphatic carbocycles. The van der Waals surface area contributed by atoms with Gasteiger partial charge in [0.2, 0.25) is 10.0 Å². The molecule has 26 heavy (non-hydrogen) atoms. The highest BCUT2D eigenvalue weighted by Gasteiger charge is 2.19. The average molecular weight is 375 g/mol. The molecular formula is C20H26N2O3S. The van der Waals surface area contributed by atoms with E-state index in [1.54, 1.807) is 24.3 Å². The van der Waals surface area contributed by atoms with Crippen LogP contribution < -0.4 is 9.46 Å². The first-order valence-electron chi connectivity index (χ1n) is 9.02. The molecule has 0 spiro atoms. The zero-order valence-corrected chi connectivity index (χ0v) is 16.0. The summed E-state index contributed by atoms with van der Waals surface area (Å²) < 4.78 is 33.3. The van der Waals surface area contributed by atoms with Crippen LogP contribution in [0.15, 0.2) is 53.4 Å². The van der Waals surface area contributed by atoms with Crippen molar-refractivity contribution < 1.29 is 13.2 Å². The van der Waals surface area contributed by atoms with Crippen LogP contribution in [0.4, 0.5) is 0 Å². The summed E-state index contributed by atoms with van der Waals surface area (Å²) in [4.78, 5) is 2.60. The van der Waals surface area contributed by atoms with Crippen molar-refractivity contribution in [3.63, 3.8) is 0 Å². The zero-order valence-electron chi connectivity index (χ0n) is 15.1. The maximum atomic E-state index is 12.7. The second-order valence-corrected chi connectivity index (χ2v) is 8.32. The third-order valence-corrected chi connectivity index (χ3v) is 6.21. The van der Waals surface area contributed by atoms with Crippen molar-refractivity contribution in [1.29, 1.82) is 0 Å². The molecule has 1 N–H and O–H groups in total. The minimum atomic E-state index is -3.64. The molecule has 0 aromatic heterocycles. The third kappa shape index (κ3) is 4.63. The Morgan fingerprint density at radius 2 is 1.62 bits per heavy atom. The molecule has 0 unspecified atom stereocenters. The Hall–Kier alpha value is -1.89. The van der Waals surface area contributed by atoms with Crippen LogP contribution >= 0.6 is 0 Å². The summed E-state index contributed by atoms with van der Waals surface area (Å²) >= 11 is 0. The molecule has 140 valence electrons. The predicted molar refractivity (Wildman–Crippen MR) is 103 cm³/mol. The standard InChI is InChI=1S/C20H26N2O3S/c1-25-19-11-5-6-12-20(19)26(23,24)21-15-17-9-3-4-10-18(17)16-22-13-7-2-8-14-22/h3-6,9-12,21H,2,7-8,13-16H2,1H3. The van der Waals surface area contributed by atoms with Gasteiger partial charge in [0.05, 0.1) is 7.11 Å². The summed E-state index contributed by atoms with van der Waals surface area (Å²) in [5.41, 5.74) is 2.19. The van der Waals surface area contributed by atoms with Crippen molar-refractivity contribution in [2.75, 3.05) is 20.2 Å². The monoisotopic (exact) mass is 374 g/mol. The molecule has 5 nitrogen and oxygen atoms in total. The fraction of sp³-hybridized carbons (Fsp3) is 0.400. The van der Waals surface area contributed by atoms with Gasteiger partial charge in [0.15, 0.2) is 0 Å². The van der Waals surface area contributed by atoms with E-state index in [2.05, 4.69) is 15.7 Å². The van der Waals surface area contributed by atoms with E-state index in [1.165, 1.54) is 31.9 Å². The van der Waals surface area contributed by atoms with Crippen molar-refractivity contribution in [2.24, 2.45) is 0 Å². The highest BCUT2D eigenvalue weighted by molar-refractivity contribution is 7.89. The SMILES string of the molecule is COc1ccccc1S(=O)(=O)NCc1ccccc1CN1CCCCC1. The van der Waals surface area contributed by atoms with Gasteiger partial charge < -0.3 is 4.74 Å². The molecule has 2 aromatic rings. The maximum Gasteiger partial charge on any atom is 0.244 e. The summed E-state index contributed by atoms with van der Waals surface area (Å²) in [6, 6.07) is 14.7. The number of benzene rings is 2. The topological polar surface area (TPSA) is 58.6 Å². The number of nitrogens with zero attached hydrogens (tertiary/aromatic N) is 1. The summed E-state index contributed by atoms with van der Waals surface area (Å²) in [6.07, 6.45) is 3.78. The molecule has 0 bridgehead atoms. The number of likely N-dealkylation sites (tertiary alicyclic amines) is 1. The van der Waals surface area contributed by atoms with E-state index in [1.807, 2.05) is 18.2 Å². The van der Waals surface area contributed by atoms with Crippen LogP contribution in [0.1, 0.15) is 30.4 Å². The Kier molecular flexibility index (Phi) is 6.29. The van der Waals surface area contributed by atoms with Gasteiger partial charge in [-0.2, -0.15) is 0 Å². The second kappa shape index (κ2) is 8.66. The van der Waals surface area contributed by atoms with E-state index in [4.69, 9.17) is 4.74 Å². The molecule has 1 aliphatic heterocycles. The number of methoxy groups -OCH3 is 1. The molecule has 0 radical (unpaired) electrons. The Labute approximate surface area is 156 Å². The van der Waals surface area contributed by atoms with Crippen molar-refractivity contribution >= 4 is 10.0 Å². The number of hydrogen-bond donors (Lipinski definition) is 1. The number of piperidine rings is 1. The molecule has 1 fully saturated rings. The lowest BCUT2D eigenvalue weighted by atomic mass is 10.1. The minimum Gasteiger partial charge on any atom is -0.495 e. The van der Waals surface area contributed by atoms with Crippen molar-refractivity contribution in [3.8, 4) is 5.75 Å². The number of para-hydroxylation sites is 1. The largest absolute Gasteiger partial charge is 0.495 e. The van der Waals surface area contributed by atoms with Gasteiger partial charge >= 0.3 is 0 Å². The first-order chi connectivity index (χ1) is 12.6.